The lowest BCUT2D eigenvalue weighted by Crippen LogP contribution is -2.61. The van der Waals surface area contributed by atoms with Crippen molar-refractivity contribution in [2.75, 3.05) is 45.1 Å². The number of nitrogens with zero attached hydrogens (tertiary/aromatic N) is 3. The van der Waals surface area contributed by atoms with E-state index in [1.807, 2.05) is 10.6 Å². The lowest BCUT2D eigenvalue weighted by Gasteiger charge is -2.32. The Bertz CT molecular complexity index is 1940. The van der Waals surface area contributed by atoms with Gasteiger partial charge < -0.3 is 89.8 Å². The summed E-state index contributed by atoms with van der Waals surface area (Å²) in [5.41, 5.74) is 16.4. The first-order chi connectivity index (χ1) is 32.9. The smallest absolute Gasteiger partial charge is 0.326 e. The largest absolute Gasteiger partial charge is 0.481 e. The van der Waals surface area contributed by atoms with E-state index in [1.54, 1.807) is 13.8 Å². The number of aliphatic hydroxyl groups is 3. The zero-order chi connectivity index (χ0) is 53.0. The Morgan fingerprint density at radius 2 is 1.17 bits per heavy atom. The molecule has 0 spiro atoms. The average molecular weight is 1020 g/mol. The highest BCUT2D eigenvalue weighted by Gasteiger charge is 2.42. The zero-order valence-corrected chi connectivity index (χ0v) is 39.9. The molecular formula is C40H67N13O16S. The number of aliphatic carboxylic acids is 2. The number of carbonyl (C=O) groups is 11. The Labute approximate surface area is 407 Å². The highest BCUT2D eigenvalue weighted by molar-refractivity contribution is 7.80. The third kappa shape index (κ3) is 18.2. The fraction of sp³-hybridized carbons (Fsp3) is 0.700. The average Bonchev–Trinajstić information content (AvgIpc) is 4.01. The summed E-state index contributed by atoms with van der Waals surface area (Å²) in [6.45, 7) is 1.79. The molecule has 0 radical (unpaired) electrons. The molecule has 70 heavy (non-hydrogen) atoms. The number of carboxylic acids is 2. The second-order valence-corrected chi connectivity index (χ2v) is 17.3. The number of carboxylic acid groups (broad SMARTS) is 2. The van der Waals surface area contributed by atoms with Crippen LogP contribution in [0.25, 0.3) is 0 Å². The van der Waals surface area contributed by atoms with Crippen molar-refractivity contribution >= 4 is 83.7 Å². The van der Waals surface area contributed by atoms with Crippen molar-refractivity contribution in [2.45, 2.75) is 126 Å². The summed E-state index contributed by atoms with van der Waals surface area (Å²) in [6.07, 6.45) is -1.31. The molecule has 2 aliphatic heterocycles. The van der Waals surface area contributed by atoms with Crippen molar-refractivity contribution in [3.63, 3.8) is 0 Å². The third-order valence-electron chi connectivity index (χ3n) is 11.2. The molecule has 30 heteroatoms. The fourth-order valence-electron chi connectivity index (χ4n) is 7.32. The molecular weight excluding hydrogens is 951 g/mol. The number of thiol groups is 1. The van der Waals surface area contributed by atoms with Crippen LogP contribution in [0.1, 0.15) is 65.7 Å². The summed E-state index contributed by atoms with van der Waals surface area (Å²) < 4.78 is 0. The van der Waals surface area contributed by atoms with E-state index in [2.05, 4.69) is 44.2 Å². The Balaban J connectivity index is 2.22. The molecule has 0 aliphatic carbocycles. The molecule has 0 saturated carbocycles. The number of hydrogen-bond donors (Lipinski definition) is 16. The molecule has 2 heterocycles. The van der Waals surface area contributed by atoms with Crippen molar-refractivity contribution in [3.8, 4) is 0 Å². The summed E-state index contributed by atoms with van der Waals surface area (Å²) in [5, 5.41) is 64.0. The van der Waals surface area contributed by atoms with E-state index in [4.69, 9.17) is 17.2 Å². The summed E-state index contributed by atoms with van der Waals surface area (Å²) in [6, 6.07) is -13.3. The Hall–Kier alpha value is -6.37. The summed E-state index contributed by atoms with van der Waals surface area (Å²) in [4.78, 5) is 149. The predicted octanol–water partition coefficient (Wildman–Crippen LogP) is -8.12. The van der Waals surface area contributed by atoms with E-state index >= 15 is 0 Å². The van der Waals surface area contributed by atoms with Gasteiger partial charge in [0.25, 0.3) is 0 Å². The van der Waals surface area contributed by atoms with Crippen LogP contribution < -0.4 is 54.4 Å². The van der Waals surface area contributed by atoms with Crippen molar-refractivity contribution < 1.29 is 78.3 Å². The van der Waals surface area contributed by atoms with Gasteiger partial charge in [-0.1, -0.05) is 13.8 Å². The van der Waals surface area contributed by atoms with Crippen LogP contribution in [0.2, 0.25) is 0 Å². The third-order valence-corrected chi connectivity index (χ3v) is 11.5. The van der Waals surface area contributed by atoms with Gasteiger partial charge in [0.2, 0.25) is 53.2 Å². The van der Waals surface area contributed by atoms with Gasteiger partial charge in [0, 0.05) is 25.4 Å². The Morgan fingerprint density at radius 1 is 0.686 bits per heavy atom. The molecule has 0 aromatic carbocycles. The lowest BCUT2D eigenvalue weighted by molar-refractivity contribution is -0.144. The van der Waals surface area contributed by atoms with Gasteiger partial charge in [-0.3, -0.25) is 52.9 Å². The number of aliphatic hydroxyl groups excluding tert-OH is 3. The predicted molar refractivity (Wildman–Crippen MR) is 246 cm³/mol. The van der Waals surface area contributed by atoms with E-state index < -0.39 is 158 Å². The van der Waals surface area contributed by atoms with E-state index in [-0.39, 0.29) is 57.0 Å². The van der Waals surface area contributed by atoms with Crippen molar-refractivity contribution in [1.29, 1.82) is 0 Å². The van der Waals surface area contributed by atoms with Gasteiger partial charge in [-0.25, -0.2) is 4.79 Å². The highest BCUT2D eigenvalue weighted by atomic mass is 32.1. The number of hydrogen-bond acceptors (Lipinski definition) is 17. The molecule has 0 aromatic heterocycles. The second-order valence-electron chi connectivity index (χ2n) is 16.9. The fourth-order valence-corrected chi connectivity index (χ4v) is 7.57. The molecule has 0 bridgehead atoms. The first kappa shape index (κ1) is 59.8. The van der Waals surface area contributed by atoms with E-state index in [9.17, 15) is 78.3 Å². The molecule has 9 amide bonds. The SMILES string of the molecule is CC(C)[C@H](NC(=O)CNC(=O)[C@@H]1CCCN1C(=O)[C@H](CCCN=C(N)N)NC(=O)[C@@H]1CCCN1C(=O)[C@H](CS)NC(=O)[C@H](CO)NC(=O)[C@H](CC(=O)O)NC(=O)[C@H](CO)NC(=O)[C@@H](N)[C@@H](C)O)C(=O)O. The van der Waals surface area contributed by atoms with Crippen molar-refractivity contribution in [2.24, 2.45) is 28.1 Å². The maximum Gasteiger partial charge on any atom is 0.326 e. The van der Waals surface area contributed by atoms with Crippen molar-refractivity contribution in [1.82, 2.24) is 47.0 Å². The van der Waals surface area contributed by atoms with Crippen LogP contribution in [0.4, 0.5) is 0 Å². The van der Waals surface area contributed by atoms with Crippen LogP contribution in [0.5, 0.6) is 0 Å². The molecule has 0 unspecified atom stereocenters. The minimum absolute atomic E-state index is 0.00345. The van der Waals surface area contributed by atoms with E-state index in [1.165, 1.54) is 11.8 Å². The van der Waals surface area contributed by atoms with Crippen LogP contribution in [0, 0.1) is 5.92 Å². The molecule has 2 saturated heterocycles. The van der Waals surface area contributed by atoms with Gasteiger partial charge >= 0.3 is 11.9 Å². The first-order valence-corrected chi connectivity index (χ1v) is 23.0. The Kier molecular flexibility index (Phi) is 24.7. The number of aliphatic imine (C=N–C) groups is 1. The number of nitrogens with one attached hydrogen (secondary N) is 7. The molecule has 2 fully saturated rings. The van der Waals surface area contributed by atoms with Crippen LogP contribution in [-0.4, -0.2) is 212 Å². The van der Waals surface area contributed by atoms with Crippen LogP contribution in [0.15, 0.2) is 4.99 Å². The van der Waals surface area contributed by atoms with Gasteiger partial charge in [-0.2, -0.15) is 12.6 Å². The van der Waals surface area contributed by atoms with Gasteiger partial charge in [-0.15, -0.1) is 0 Å². The maximum absolute atomic E-state index is 14.1. The number of amides is 9. The van der Waals surface area contributed by atoms with Crippen molar-refractivity contribution in [3.05, 3.63) is 0 Å². The van der Waals surface area contributed by atoms with E-state index in [0.717, 1.165) is 4.90 Å². The summed E-state index contributed by atoms with van der Waals surface area (Å²) in [7, 11) is 0. The lowest BCUT2D eigenvalue weighted by atomic mass is 10.0. The molecule has 0 aromatic rings. The second kappa shape index (κ2) is 29.0. The Morgan fingerprint density at radius 3 is 1.64 bits per heavy atom. The normalized spacial score (nSPS) is 18.9. The monoisotopic (exact) mass is 1020 g/mol. The van der Waals surface area contributed by atoms with E-state index in [0.29, 0.717) is 12.8 Å². The van der Waals surface area contributed by atoms with Gasteiger partial charge in [0.1, 0.15) is 54.4 Å². The quantitative estimate of drug-likeness (QED) is 0.0150. The zero-order valence-electron chi connectivity index (χ0n) is 39.0. The molecule has 29 nitrogen and oxygen atoms in total. The molecule has 2 aliphatic rings. The first-order valence-electron chi connectivity index (χ1n) is 22.3. The highest BCUT2D eigenvalue weighted by Crippen LogP contribution is 2.22. The minimum Gasteiger partial charge on any atom is -0.481 e. The topological polar surface area (TPSA) is 470 Å². The number of rotatable bonds is 28. The van der Waals surface area contributed by atoms with Gasteiger partial charge in [0.05, 0.1) is 32.3 Å². The standard InChI is InChI=1S/C40H67N13O16S/c1-18(2)30(39(68)69)51-27(57)14-45-34(63)25-8-5-11-52(25)37(66)20(7-4-10-44-40(42)43)46-35(64)26-9-6-12-53(26)38(67)24(17-70)50-33(62)22(15-54)48-31(60)21(13-28(58)59)47-32(61)23(16-55)49-36(65)29(41)19(3)56/h18-26,29-30,54-56,70H,4-17,41H2,1-3H3,(H,45,63)(H,46,64)(H,47,61)(H,48,60)(H,49,65)(H,50,62)(H,51,57)(H,58,59)(H,68,69)(H4,42,43,44)/t19-,20+,21+,22+,23+,24+,25+,26+,29+,30+/m1/s1. The number of guanidine groups is 1. The van der Waals surface area contributed by atoms with Gasteiger partial charge in [-0.05, 0) is 51.4 Å². The molecule has 10 atom stereocenters. The van der Waals surface area contributed by atoms with Crippen LogP contribution in [-0.2, 0) is 52.7 Å². The van der Waals surface area contributed by atoms with Crippen LogP contribution in [0.3, 0.4) is 0 Å². The maximum atomic E-state index is 14.1. The number of carbonyl (C=O) groups excluding carboxylic acids is 9. The molecule has 2 rings (SSSR count). The van der Waals surface area contributed by atoms with Gasteiger partial charge in [0.15, 0.2) is 5.96 Å². The van der Waals surface area contributed by atoms with Crippen LogP contribution >= 0.6 is 12.6 Å². The summed E-state index contributed by atoms with van der Waals surface area (Å²) >= 11 is 4.18. The number of likely N-dealkylation sites (tertiary alicyclic amines) is 2. The number of nitrogens with two attached hydrogens (primary N) is 3. The minimum atomic E-state index is -1.95. The molecule has 18 N–H and O–H groups in total. The summed E-state index contributed by atoms with van der Waals surface area (Å²) in [5.74, 6) is -12.5. The molecule has 394 valence electrons.